The second-order valence-corrected chi connectivity index (χ2v) is 11.3. The molecule has 150 valence electrons. The fourth-order valence-corrected chi connectivity index (χ4v) is 5.61. The number of rotatable bonds is 3. The molecule has 1 heterocycles. The first-order chi connectivity index (χ1) is 11.9. The minimum atomic E-state index is 0.0946. The van der Waals surface area contributed by atoms with E-state index in [-0.39, 0.29) is 17.0 Å². The quantitative estimate of drug-likeness (QED) is 0.831. The number of hydrogen-bond donors (Lipinski definition) is 1. The van der Waals surface area contributed by atoms with E-state index in [0.29, 0.717) is 17.4 Å². The molecule has 0 aromatic heterocycles. The lowest BCUT2D eigenvalue weighted by molar-refractivity contribution is -0.129. The van der Waals surface area contributed by atoms with Gasteiger partial charge in [0.1, 0.15) is 0 Å². The molecule has 3 saturated carbocycles. The molecule has 4 aliphatic rings. The lowest BCUT2D eigenvalue weighted by Gasteiger charge is -2.59. The molecule has 0 aromatic carbocycles. The molecule has 0 unspecified atom stereocenters. The van der Waals surface area contributed by atoms with Gasteiger partial charge in [-0.15, -0.1) is 0 Å². The third-order valence-electron chi connectivity index (χ3n) is 7.93. The van der Waals surface area contributed by atoms with Gasteiger partial charge in [-0.25, -0.2) is 0 Å². The third kappa shape index (κ3) is 3.96. The number of fused-ring (bicyclic) bond motifs is 3. The zero-order chi connectivity index (χ0) is 19.2. The van der Waals surface area contributed by atoms with Gasteiger partial charge in [-0.05, 0) is 70.1 Å². The topological polar surface area (TPSA) is 35.6 Å². The van der Waals surface area contributed by atoms with E-state index in [2.05, 4.69) is 56.7 Å². The van der Waals surface area contributed by atoms with Crippen LogP contribution in [0, 0.1) is 10.8 Å². The largest absolute Gasteiger partial charge is 0.350 e. The molecule has 4 fully saturated rings. The van der Waals surface area contributed by atoms with E-state index in [1.165, 1.54) is 38.5 Å². The lowest BCUT2D eigenvalue weighted by atomic mass is 9.49. The van der Waals surface area contributed by atoms with Gasteiger partial charge in [0.15, 0.2) is 0 Å². The molecule has 0 spiro atoms. The number of nitrogens with one attached hydrogen (secondary N) is 1. The number of piperazine rings is 1. The van der Waals surface area contributed by atoms with Gasteiger partial charge in [-0.3, -0.25) is 14.6 Å². The van der Waals surface area contributed by atoms with E-state index in [1.54, 1.807) is 0 Å². The molecule has 1 amide bonds. The van der Waals surface area contributed by atoms with Gasteiger partial charge in [0.2, 0.25) is 5.91 Å². The predicted molar refractivity (Wildman–Crippen MR) is 108 cm³/mol. The van der Waals surface area contributed by atoms with Crippen molar-refractivity contribution in [3.05, 3.63) is 0 Å². The van der Waals surface area contributed by atoms with Gasteiger partial charge >= 0.3 is 0 Å². The molecule has 0 aromatic rings. The number of amides is 1. The fraction of sp³-hybridized carbons (Fsp3) is 0.955. The zero-order valence-corrected chi connectivity index (χ0v) is 18.1. The van der Waals surface area contributed by atoms with E-state index < -0.39 is 0 Å². The van der Waals surface area contributed by atoms with Crippen LogP contribution in [0.4, 0.5) is 0 Å². The lowest BCUT2D eigenvalue weighted by Crippen LogP contribution is -2.61. The molecule has 1 saturated heterocycles. The van der Waals surface area contributed by atoms with E-state index in [1.807, 2.05) is 0 Å². The molecule has 0 radical (unpaired) electrons. The molecule has 4 nitrogen and oxygen atoms in total. The average molecular weight is 364 g/mol. The summed E-state index contributed by atoms with van der Waals surface area (Å²) in [5.74, 6) is 0.249. The van der Waals surface area contributed by atoms with Crippen LogP contribution >= 0.6 is 0 Å². The summed E-state index contributed by atoms with van der Waals surface area (Å²) in [5, 5.41) is 3.48. The standard InChI is InChI=1S/C22H41N3O/c1-19(2,3)21-7-10-22(11-8-21,12-9-21)23-18(26)17-24-13-15-25(16-14-24)20(4,5)6/h7-17H2,1-6H3,(H,23,26). The summed E-state index contributed by atoms with van der Waals surface area (Å²) in [5.41, 5.74) is 1.22. The van der Waals surface area contributed by atoms with Crippen LogP contribution < -0.4 is 5.32 Å². The van der Waals surface area contributed by atoms with Crippen molar-refractivity contribution in [2.75, 3.05) is 32.7 Å². The van der Waals surface area contributed by atoms with Crippen LogP contribution in [0.1, 0.15) is 80.1 Å². The summed E-state index contributed by atoms with van der Waals surface area (Å²) < 4.78 is 0. The Morgan fingerprint density at radius 1 is 0.846 bits per heavy atom. The molecular formula is C22H41N3O. The Kier molecular flexibility index (Phi) is 5.24. The van der Waals surface area contributed by atoms with Gasteiger partial charge in [0.25, 0.3) is 0 Å². The predicted octanol–water partition coefficient (Wildman–Crippen LogP) is 3.66. The Labute approximate surface area is 161 Å². The Bertz CT molecular complexity index is 496. The first kappa shape index (κ1) is 20.1. The van der Waals surface area contributed by atoms with Crippen molar-refractivity contribution in [3.8, 4) is 0 Å². The first-order valence-electron chi connectivity index (χ1n) is 10.7. The fourth-order valence-electron chi connectivity index (χ4n) is 5.61. The minimum Gasteiger partial charge on any atom is -0.350 e. The molecule has 3 aliphatic carbocycles. The Morgan fingerprint density at radius 2 is 1.35 bits per heavy atom. The van der Waals surface area contributed by atoms with Crippen LogP contribution in [0.3, 0.4) is 0 Å². The monoisotopic (exact) mass is 363 g/mol. The molecule has 4 rings (SSSR count). The van der Waals surface area contributed by atoms with Gasteiger partial charge in [-0.2, -0.15) is 0 Å². The van der Waals surface area contributed by atoms with E-state index in [4.69, 9.17) is 0 Å². The smallest absolute Gasteiger partial charge is 0.234 e. The second kappa shape index (κ2) is 6.77. The molecule has 0 atom stereocenters. The number of hydrogen-bond acceptors (Lipinski definition) is 3. The highest BCUT2D eigenvalue weighted by atomic mass is 16.2. The van der Waals surface area contributed by atoms with Crippen molar-refractivity contribution in [2.24, 2.45) is 10.8 Å². The maximum Gasteiger partial charge on any atom is 0.234 e. The minimum absolute atomic E-state index is 0.0946. The maximum atomic E-state index is 12.7. The Hall–Kier alpha value is -0.610. The number of carbonyl (C=O) groups is 1. The normalized spacial score (nSPS) is 34.1. The van der Waals surface area contributed by atoms with E-state index >= 15 is 0 Å². The Balaban J connectivity index is 1.48. The summed E-state index contributed by atoms with van der Waals surface area (Å²) >= 11 is 0. The van der Waals surface area contributed by atoms with Gasteiger partial charge < -0.3 is 5.32 Å². The highest BCUT2D eigenvalue weighted by Gasteiger charge is 2.53. The molecular weight excluding hydrogens is 322 g/mol. The van der Waals surface area contributed by atoms with Crippen molar-refractivity contribution < 1.29 is 4.79 Å². The average Bonchev–Trinajstić information content (AvgIpc) is 2.54. The summed E-state index contributed by atoms with van der Waals surface area (Å²) in [7, 11) is 0. The van der Waals surface area contributed by atoms with Gasteiger partial charge in [0, 0.05) is 37.3 Å². The van der Waals surface area contributed by atoms with E-state index in [9.17, 15) is 4.79 Å². The third-order valence-corrected chi connectivity index (χ3v) is 7.93. The summed E-state index contributed by atoms with van der Waals surface area (Å²) in [6.07, 6.45) is 7.36. The van der Waals surface area contributed by atoms with Crippen LogP contribution in [0.5, 0.6) is 0 Å². The van der Waals surface area contributed by atoms with Crippen molar-refractivity contribution >= 4 is 5.91 Å². The van der Waals surface area contributed by atoms with Crippen LogP contribution in [0.15, 0.2) is 0 Å². The number of carbonyl (C=O) groups excluding carboxylic acids is 1. The molecule has 1 N–H and O–H groups in total. The van der Waals surface area contributed by atoms with Crippen LogP contribution in [0.25, 0.3) is 0 Å². The van der Waals surface area contributed by atoms with Crippen molar-refractivity contribution in [1.29, 1.82) is 0 Å². The highest BCUT2D eigenvalue weighted by Crippen LogP contribution is 2.60. The zero-order valence-electron chi connectivity index (χ0n) is 18.1. The maximum absolute atomic E-state index is 12.7. The molecule has 2 bridgehead atoms. The van der Waals surface area contributed by atoms with Crippen LogP contribution in [-0.2, 0) is 4.79 Å². The van der Waals surface area contributed by atoms with Crippen molar-refractivity contribution in [3.63, 3.8) is 0 Å². The molecule has 1 aliphatic heterocycles. The van der Waals surface area contributed by atoms with Crippen LogP contribution in [0.2, 0.25) is 0 Å². The van der Waals surface area contributed by atoms with Crippen molar-refractivity contribution in [2.45, 2.75) is 91.1 Å². The summed E-state index contributed by atoms with van der Waals surface area (Å²) in [4.78, 5) is 17.6. The van der Waals surface area contributed by atoms with Gasteiger partial charge in [0.05, 0.1) is 6.54 Å². The Morgan fingerprint density at radius 3 is 1.77 bits per heavy atom. The van der Waals surface area contributed by atoms with Crippen molar-refractivity contribution in [1.82, 2.24) is 15.1 Å². The molecule has 4 heteroatoms. The molecule has 26 heavy (non-hydrogen) atoms. The van der Waals surface area contributed by atoms with Gasteiger partial charge in [-0.1, -0.05) is 20.8 Å². The SMILES string of the molecule is CC(C)(C)N1CCN(CC(=O)NC23CCC(C(C)(C)C)(CC2)CC3)CC1. The summed E-state index contributed by atoms with van der Waals surface area (Å²) in [6.45, 7) is 18.8. The van der Waals surface area contributed by atoms with Crippen LogP contribution in [-0.4, -0.2) is 59.5 Å². The number of nitrogens with zero attached hydrogens (tertiary/aromatic N) is 2. The van der Waals surface area contributed by atoms with E-state index in [0.717, 1.165) is 26.2 Å². The summed E-state index contributed by atoms with van der Waals surface area (Å²) in [6, 6.07) is 0. The first-order valence-corrected chi connectivity index (χ1v) is 10.7. The second-order valence-electron chi connectivity index (χ2n) is 11.3. The highest BCUT2D eigenvalue weighted by molar-refractivity contribution is 5.79.